The van der Waals surface area contributed by atoms with E-state index in [1.54, 1.807) is 18.2 Å². The summed E-state index contributed by atoms with van der Waals surface area (Å²) in [5.74, 6) is 0.469. The molecule has 0 bridgehead atoms. The predicted molar refractivity (Wildman–Crippen MR) is 78.6 cm³/mol. The fourth-order valence-electron chi connectivity index (χ4n) is 2.44. The summed E-state index contributed by atoms with van der Waals surface area (Å²) in [6.07, 6.45) is 3.00. The van der Waals surface area contributed by atoms with Gasteiger partial charge in [0.05, 0.1) is 10.9 Å². The monoisotopic (exact) mass is 274 g/mol. The summed E-state index contributed by atoms with van der Waals surface area (Å²) in [6, 6.07) is 5.09. The molecule has 1 aliphatic carbocycles. The summed E-state index contributed by atoms with van der Waals surface area (Å²) < 4.78 is 0. The summed E-state index contributed by atoms with van der Waals surface area (Å²) in [4.78, 5) is 19.1. The molecular weight excluding hydrogens is 256 g/mol. The number of aliphatic hydroxyl groups is 1. The van der Waals surface area contributed by atoms with Crippen LogP contribution in [-0.4, -0.2) is 28.2 Å². The number of aromatic nitrogens is 2. The molecule has 0 radical (unpaired) electrons. The van der Waals surface area contributed by atoms with Crippen LogP contribution in [0.4, 0.5) is 11.6 Å². The third-order valence-electron chi connectivity index (χ3n) is 3.96. The molecule has 2 aromatic rings. The minimum atomic E-state index is -0.197. The zero-order valence-corrected chi connectivity index (χ0v) is 11.1. The van der Waals surface area contributed by atoms with Gasteiger partial charge in [-0.3, -0.25) is 9.78 Å². The first-order valence-electron chi connectivity index (χ1n) is 6.76. The number of aromatic amines is 1. The summed E-state index contributed by atoms with van der Waals surface area (Å²) in [6.45, 7) is 0.916. The standard InChI is InChI=1S/C14H18N4O2/c15-9-1-2-11-10(7-9)12(20)18-13(17-11)16-8-14(3-4-14)5-6-19/h1-2,7,19H,3-6,8,15H2,(H2,16,17,18,20). The Hall–Kier alpha value is -2.08. The van der Waals surface area contributed by atoms with Crippen LogP contribution in [0.5, 0.6) is 0 Å². The molecule has 0 atom stereocenters. The molecule has 5 N–H and O–H groups in total. The average Bonchev–Trinajstić information content (AvgIpc) is 3.18. The van der Waals surface area contributed by atoms with E-state index >= 15 is 0 Å². The van der Waals surface area contributed by atoms with E-state index in [9.17, 15) is 4.79 Å². The van der Waals surface area contributed by atoms with E-state index in [1.165, 1.54) is 0 Å². The molecule has 0 amide bonds. The van der Waals surface area contributed by atoms with Gasteiger partial charge in [0.15, 0.2) is 0 Å². The van der Waals surface area contributed by atoms with Gasteiger partial charge in [-0.2, -0.15) is 0 Å². The molecule has 20 heavy (non-hydrogen) atoms. The summed E-state index contributed by atoms with van der Waals surface area (Å²) in [7, 11) is 0. The number of anilines is 2. The summed E-state index contributed by atoms with van der Waals surface area (Å²) in [5, 5.41) is 12.7. The Morgan fingerprint density at radius 3 is 2.95 bits per heavy atom. The Bertz CT molecular complexity index is 691. The van der Waals surface area contributed by atoms with E-state index in [4.69, 9.17) is 10.8 Å². The number of H-pyrrole nitrogens is 1. The van der Waals surface area contributed by atoms with E-state index in [-0.39, 0.29) is 17.6 Å². The minimum Gasteiger partial charge on any atom is -0.399 e. The number of hydrogen-bond acceptors (Lipinski definition) is 5. The number of nitrogens with one attached hydrogen (secondary N) is 2. The summed E-state index contributed by atoms with van der Waals surface area (Å²) in [5.41, 5.74) is 6.81. The lowest BCUT2D eigenvalue weighted by Crippen LogP contribution is -2.20. The Morgan fingerprint density at radius 1 is 1.45 bits per heavy atom. The molecule has 0 saturated heterocycles. The second kappa shape index (κ2) is 4.79. The molecular formula is C14H18N4O2. The van der Waals surface area contributed by atoms with E-state index in [2.05, 4.69) is 15.3 Å². The highest BCUT2D eigenvalue weighted by Crippen LogP contribution is 2.48. The van der Waals surface area contributed by atoms with Crippen molar-refractivity contribution in [2.75, 3.05) is 24.2 Å². The van der Waals surface area contributed by atoms with Crippen molar-refractivity contribution in [2.45, 2.75) is 19.3 Å². The van der Waals surface area contributed by atoms with Crippen LogP contribution in [0.3, 0.4) is 0 Å². The Balaban J connectivity index is 1.82. The van der Waals surface area contributed by atoms with Crippen LogP contribution in [0, 0.1) is 5.41 Å². The topological polar surface area (TPSA) is 104 Å². The number of rotatable bonds is 5. The highest BCUT2D eigenvalue weighted by molar-refractivity contribution is 5.81. The maximum absolute atomic E-state index is 12.0. The molecule has 6 nitrogen and oxygen atoms in total. The number of aliphatic hydroxyl groups excluding tert-OH is 1. The molecule has 3 rings (SSSR count). The largest absolute Gasteiger partial charge is 0.399 e. The van der Waals surface area contributed by atoms with Gasteiger partial charge < -0.3 is 16.2 Å². The van der Waals surface area contributed by atoms with Gasteiger partial charge in [-0.15, -0.1) is 0 Å². The Labute approximate surface area is 116 Å². The van der Waals surface area contributed by atoms with Crippen molar-refractivity contribution in [3.63, 3.8) is 0 Å². The quantitative estimate of drug-likeness (QED) is 0.611. The third-order valence-corrected chi connectivity index (χ3v) is 3.96. The highest BCUT2D eigenvalue weighted by Gasteiger charge is 2.41. The van der Waals surface area contributed by atoms with E-state index in [0.717, 1.165) is 25.8 Å². The maximum Gasteiger partial charge on any atom is 0.260 e. The van der Waals surface area contributed by atoms with Gasteiger partial charge in [-0.1, -0.05) is 0 Å². The van der Waals surface area contributed by atoms with Gasteiger partial charge in [-0.25, -0.2) is 4.98 Å². The summed E-state index contributed by atoms with van der Waals surface area (Å²) >= 11 is 0. The number of hydrogen-bond donors (Lipinski definition) is 4. The van der Waals surface area contributed by atoms with Gasteiger partial charge in [0.25, 0.3) is 5.56 Å². The van der Waals surface area contributed by atoms with Crippen LogP contribution in [0.1, 0.15) is 19.3 Å². The van der Waals surface area contributed by atoms with Crippen LogP contribution in [0.2, 0.25) is 0 Å². The lowest BCUT2D eigenvalue weighted by Gasteiger charge is -2.14. The second-order valence-corrected chi connectivity index (χ2v) is 5.52. The van der Waals surface area contributed by atoms with Crippen LogP contribution < -0.4 is 16.6 Å². The zero-order valence-electron chi connectivity index (χ0n) is 11.1. The fraction of sp³-hybridized carbons (Fsp3) is 0.429. The Kier molecular flexibility index (Phi) is 3.10. The highest BCUT2D eigenvalue weighted by atomic mass is 16.3. The van der Waals surface area contributed by atoms with Crippen LogP contribution >= 0.6 is 0 Å². The molecule has 1 fully saturated rings. The van der Waals surface area contributed by atoms with Crippen molar-refractivity contribution >= 4 is 22.5 Å². The number of fused-ring (bicyclic) bond motifs is 1. The lowest BCUT2D eigenvalue weighted by molar-refractivity contribution is 0.253. The Morgan fingerprint density at radius 2 is 2.25 bits per heavy atom. The molecule has 1 aliphatic rings. The van der Waals surface area contributed by atoms with Crippen molar-refractivity contribution in [3.8, 4) is 0 Å². The zero-order chi connectivity index (χ0) is 14.2. The molecule has 0 aliphatic heterocycles. The SMILES string of the molecule is Nc1ccc2nc(NCC3(CCO)CC3)[nH]c(=O)c2c1. The number of nitrogens with zero attached hydrogens (tertiary/aromatic N) is 1. The molecule has 6 heteroatoms. The van der Waals surface area contributed by atoms with Crippen molar-refractivity contribution < 1.29 is 5.11 Å². The van der Waals surface area contributed by atoms with Gasteiger partial charge >= 0.3 is 0 Å². The lowest BCUT2D eigenvalue weighted by atomic mass is 10.0. The maximum atomic E-state index is 12.0. The van der Waals surface area contributed by atoms with Crippen molar-refractivity contribution in [2.24, 2.45) is 5.41 Å². The van der Waals surface area contributed by atoms with Gasteiger partial charge in [0.2, 0.25) is 5.95 Å². The molecule has 0 unspecified atom stereocenters. The molecule has 1 saturated carbocycles. The molecule has 1 aromatic heterocycles. The molecule has 0 spiro atoms. The first-order chi connectivity index (χ1) is 9.62. The van der Waals surface area contributed by atoms with Crippen molar-refractivity contribution in [3.05, 3.63) is 28.6 Å². The number of benzene rings is 1. The first kappa shape index (κ1) is 12.9. The third kappa shape index (κ3) is 2.46. The van der Waals surface area contributed by atoms with Gasteiger partial charge in [0.1, 0.15) is 0 Å². The second-order valence-electron chi connectivity index (χ2n) is 5.52. The average molecular weight is 274 g/mol. The van der Waals surface area contributed by atoms with E-state index in [1.807, 2.05) is 0 Å². The normalized spacial score (nSPS) is 16.2. The molecule has 106 valence electrons. The van der Waals surface area contributed by atoms with Crippen molar-refractivity contribution in [1.82, 2.24) is 9.97 Å². The van der Waals surface area contributed by atoms with Crippen LogP contribution in [0.15, 0.2) is 23.0 Å². The molecule has 1 heterocycles. The number of nitrogens with two attached hydrogens (primary N) is 1. The smallest absolute Gasteiger partial charge is 0.260 e. The van der Waals surface area contributed by atoms with Crippen LogP contribution in [-0.2, 0) is 0 Å². The minimum absolute atomic E-state index is 0.170. The number of nitrogen functional groups attached to an aromatic ring is 1. The first-order valence-corrected chi connectivity index (χ1v) is 6.76. The van der Waals surface area contributed by atoms with E-state index < -0.39 is 0 Å². The van der Waals surface area contributed by atoms with E-state index in [0.29, 0.717) is 22.5 Å². The fourth-order valence-corrected chi connectivity index (χ4v) is 2.44. The molecule has 1 aromatic carbocycles. The van der Waals surface area contributed by atoms with Crippen LogP contribution in [0.25, 0.3) is 10.9 Å². The predicted octanol–water partition coefficient (Wildman–Crippen LogP) is 1.08. The van der Waals surface area contributed by atoms with Gasteiger partial charge in [0, 0.05) is 18.8 Å². The van der Waals surface area contributed by atoms with Crippen molar-refractivity contribution in [1.29, 1.82) is 0 Å². The van der Waals surface area contributed by atoms with Gasteiger partial charge in [-0.05, 0) is 42.9 Å².